The maximum Gasteiger partial charge on any atom is 0.234 e. The summed E-state index contributed by atoms with van der Waals surface area (Å²) >= 11 is 0. The fourth-order valence-corrected chi connectivity index (χ4v) is 9.08. The molecule has 1 N–H and O–H groups in total. The van der Waals surface area contributed by atoms with Gasteiger partial charge in [0.05, 0.1) is 33.9 Å². The molecule has 0 aliphatic heterocycles. The average molecular weight is 383 g/mol. The Balaban J connectivity index is 6.20. The van der Waals surface area contributed by atoms with Crippen LogP contribution in [0.5, 0.6) is 0 Å². The fourth-order valence-electron chi connectivity index (χ4n) is 1.66. The Labute approximate surface area is 131 Å². The van der Waals surface area contributed by atoms with Crippen molar-refractivity contribution in [2.24, 2.45) is 0 Å². The van der Waals surface area contributed by atoms with Gasteiger partial charge in [0, 0.05) is 18.3 Å². The summed E-state index contributed by atoms with van der Waals surface area (Å²) in [6.07, 6.45) is 1.93. The van der Waals surface area contributed by atoms with Crippen molar-refractivity contribution in [1.29, 1.82) is 0 Å². The van der Waals surface area contributed by atoms with E-state index in [1.165, 1.54) is 20.9 Å². The summed E-state index contributed by atoms with van der Waals surface area (Å²) in [4.78, 5) is 0. The van der Waals surface area contributed by atoms with Gasteiger partial charge in [-0.1, -0.05) is 6.92 Å². The molecular formula is C9H22N2O6S4. The predicted molar refractivity (Wildman–Crippen MR) is 85.6 cm³/mol. The SMILES string of the molecule is CCS(=O)C(CN(NC)S(=O)(=O)CC)(S(C)=O)S(C)(=O)=O. The van der Waals surface area contributed by atoms with Crippen LogP contribution in [0.1, 0.15) is 13.8 Å². The van der Waals surface area contributed by atoms with E-state index >= 15 is 0 Å². The first kappa shape index (κ1) is 21.1. The Morgan fingerprint density at radius 3 is 1.86 bits per heavy atom. The smallest absolute Gasteiger partial charge is 0.234 e. The summed E-state index contributed by atoms with van der Waals surface area (Å²) in [5, 5.41) is 0. The minimum absolute atomic E-state index is 0.0591. The molecule has 0 spiro atoms. The van der Waals surface area contributed by atoms with Gasteiger partial charge in [0.25, 0.3) is 0 Å². The first-order valence-corrected chi connectivity index (χ1v) is 12.4. The number of rotatable bonds is 9. The Hall–Kier alpha value is 0.120. The van der Waals surface area contributed by atoms with Crippen LogP contribution in [0.25, 0.3) is 0 Å². The summed E-state index contributed by atoms with van der Waals surface area (Å²) in [6.45, 7) is 2.20. The van der Waals surface area contributed by atoms with Gasteiger partial charge in [-0.3, -0.25) is 8.42 Å². The van der Waals surface area contributed by atoms with Crippen molar-refractivity contribution in [2.45, 2.75) is 17.3 Å². The van der Waals surface area contributed by atoms with Crippen LogP contribution >= 0.6 is 0 Å². The third-order valence-electron chi connectivity index (χ3n) is 2.90. The van der Waals surface area contributed by atoms with E-state index < -0.39 is 51.4 Å². The second-order valence-electron chi connectivity index (χ2n) is 4.17. The molecule has 21 heavy (non-hydrogen) atoms. The summed E-state index contributed by atoms with van der Waals surface area (Å²) in [5.41, 5.74) is 2.37. The van der Waals surface area contributed by atoms with Crippen molar-refractivity contribution in [3.05, 3.63) is 0 Å². The zero-order chi connectivity index (χ0) is 17.1. The Morgan fingerprint density at radius 2 is 1.62 bits per heavy atom. The quantitative estimate of drug-likeness (QED) is 0.488. The highest BCUT2D eigenvalue weighted by Crippen LogP contribution is 2.27. The Kier molecular flexibility index (Phi) is 7.64. The molecule has 128 valence electrons. The highest BCUT2D eigenvalue weighted by molar-refractivity contribution is 8.21. The summed E-state index contributed by atoms with van der Waals surface area (Å²) < 4.78 is 71.0. The zero-order valence-corrected chi connectivity index (χ0v) is 15.9. The monoisotopic (exact) mass is 382 g/mol. The molecule has 0 radical (unpaired) electrons. The number of nitrogens with zero attached hydrogens (tertiary/aromatic N) is 1. The van der Waals surface area contributed by atoms with Crippen LogP contribution in [0.15, 0.2) is 0 Å². The molecule has 12 heteroatoms. The molecule has 0 fully saturated rings. The first-order valence-electron chi connectivity index (χ1n) is 6.00. The molecule has 0 aromatic carbocycles. The highest BCUT2D eigenvalue weighted by Gasteiger charge is 2.52. The molecule has 8 nitrogen and oxygen atoms in total. The van der Waals surface area contributed by atoms with E-state index in [4.69, 9.17) is 0 Å². The largest absolute Gasteiger partial charge is 0.257 e. The second kappa shape index (κ2) is 7.59. The van der Waals surface area contributed by atoms with Crippen molar-refractivity contribution < 1.29 is 25.3 Å². The normalized spacial score (nSPS) is 19.1. The first-order chi connectivity index (χ1) is 9.40. The van der Waals surface area contributed by atoms with E-state index in [2.05, 4.69) is 5.43 Å². The van der Waals surface area contributed by atoms with Crippen LogP contribution in [0, 0.1) is 0 Å². The third-order valence-corrected chi connectivity index (χ3v) is 12.6. The molecule has 0 aromatic heterocycles. The minimum Gasteiger partial charge on any atom is -0.257 e. The number of hydrogen-bond donors (Lipinski definition) is 1. The van der Waals surface area contributed by atoms with Gasteiger partial charge >= 0.3 is 0 Å². The van der Waals surface area contributed by atoms with E-state index in [-0.39, 0.29) is 11.5 Å². The topological polar surface area (TPSA) is 118 Å². The molecule has 3 atom stereocenters. The lowest BCUT2D eigenvalue weighted by molar-refractivity contribution is 0.349. The lowest BCUT2D eigenvalue weighted by atomic mass is 10.8. The standard InChI is InChI=1S/C9H22N2O6S4/c1-6-19(13)9(18(4)12,20(5,14)15)8-11(10-3)21(16,17)7-2/h10H,6-8H2,1-5H3. The summed E-state index contributed by atoms with van der Waals surface area (Å²) in [7, 11) is -10.6. The predicted octanol–water partition coefficient (Wildman–Crippen LogP) is -1.38. The Bertz CT molecular complexity index is 614. The lowest BCUT2D eigenvalue weighted by Gasteiger charge is -2.33. The van der Waals surface area contributed by atoms with E-state index in [0.717, 1.165) is 12.5 Å². The molecule has 0 saturated carbocycles. The van der Waals surface area contributed by atoms with Gasteiger partial charge < -0.3 is 0 Å². The van der Waals surface area contributed by atoms with Gasteiger partial charge in [-0.25, -0.2) is 22.3 Å². The molecule has 3 unspecified atom stereocenters. The van der Waals surface area contributed by atoms with Gasteiger partial charge in [0.1, 0.15) is 0 Å². The maximum absolute atomic E-state index is 12.3. The van der Waals surface area contributed by atoms with E-state index in [0.29, 0.717) is 4.41 Å². The molecular weight excluding hydrogens is 360 g/mol. The lowest BCUT2D eigenvalue weighted by Crippen LogP contribution is -2.58. The Morgan fingerprint density at radius 1 is 1.14 bits per heavy atom. The van der Waals surface area contributed by atoms with Crippen LogP contribution in [-0.4, -0.2) is 70.7 Å². The zero-order valence-electron chi connectivity index (χ0n) is 12.7. The van der Waals surface area contributed by atoms with Crippen molar-refractivity contribution in [2.75, 3.05) is 37.6 Å². The van der Waals surface area contributed by atoms with Gasteiger partial charge in [0.2, 0.25) is 13.4 Å². The molecule has 0 aromatic rings. The van der Waals surface area contributed by atoms with Gasteiger partial charge in [-0.05, 0) is 14.0 Å². The van der Waals surface area contributed by atoms with Crippen molar-refractivity contribution in [3.63, 3.8) is 0 Å². The third kappa shape index (κ3) is 4.32. The van der Waals surface area contributed by atoms with Gasteiger partial charge in [0.15, 0.2) is 9.84 Å². The highest BCUT2D eigenvalue weighted by atomic mass is 32.3. The summed E-state index contributed by atoms with van der Waals surface area (Å²) in [5.74, 6) is -0.334. The van der Waals surface area contributed by atoms with Crippen LogP contribution in [0.4, 0.5) is 0 Å². The number of hydrogen-bond acceptors (Lipinski definition) is 7. The van der Waals surface area contributed by atoms with Gasteiger partial charge in [-0.2, -0.15) is 0 Å². The number of nitrogens with one attached hydrogen (secondary N) is 1. The molecule has 0 heterocycles. The molecule has 0 rings (SSSR count). The summed E-state index contributed by atoms with van der Waals surface area (Å²) in [6, 6.07) is 0. The van der Waals surface area contributed by atoms with Crippen molar-refractivity contribution in [1.82, 2.24) is 9.84 Å². The van der Waals surface area contributed by atoms with Crippen molar-refractivity contribution in [3.8, 4) is 0 Å². The van der Waals surface area contributed by atoms with E-state index in [9.17, 15) is 25.3 Å². The molecule has 0 saturated heterocycles. The number of sulfonamides is 1. The van der Waals surface area contributed by atoms with Crippen LogP contribution in [-0.2, 0) is 41.5 Å². The second-order valence-corrected chi connectivity index (χ2v) is 12.9. The molecule has 0 bridgehead atoms. The number of hydrazine groups is 1. The van der Waals surface area contributed by atoms with Crippen LogP contribution in [0.2, 0.25) is 0 Å². The average Bonchev–Trinajstić information content (AvgIpc) is 2.36. The van der Waals surface area contributed by atoms with Crippen LogP contribution in [0.3, 0.4) is 0 Å². The molecule has 0 aliphatic rings. The maximum atomic E-state index is 12.3. The van der Waals surface area contributed by atoms with Crippen molar-refractivity contribution >= 4 is 41.5 Å². The number of sulfone groups is 1. The van der Waals surface area contributed by atoms with Crippen LogP contribution < -0.4 is 5.43 Å². The molecule has 0 aliphatic carbocycles. The fraction of sp³-hybridized carbons (Fsp3) is 1.00. The van der Waals surface area contributed by atoms with Gasteiger partial charge in [-0.15, -0.1) is 4.41 Å². The van der Waals surface area contributed by atoms with E-state index in [1.54, 1.807) is 0 Å². The molecule has 0 amide bonds. The minimum atomic E-state index is -4.06. The van der Waals surface area contributed by atoms with E-state index in [1.807, 2.05) is 0 Å².